The molecule has 1 unspecified atom stereocenters. The summed E-state index contributed by atoms with van der Waals surface area (Å²) in [6.45, 7) is 5.89. The minimum absolute atomic E-state index is 0.703. The number of hydrogen-bond acceptors (Lipinski definition) is 4. The summed E-state index contributed by atoms with van der Waals surface area (Å²) in [6.07, 6.45) is 1.20. The zero-order chi connectivity index (χ0) is 14.2. The summed E-state index contributed by atoms with van der Waals surface area (Å²) < 4.78 is 10.8. The third-order valence-corrected chi connectivity index (χ3v) is 3.76. The van der Waals surface area contributed by atoms with Gasteiger partial charge in [0.25, 0.3) is 0 Å². The molecule has 1 N–H and O–H groups in total. The highest BCUT2D eigenvalue weighted by Crippen LogP contribution is 2.18. The van der Waals surface area contributed by atoms with Gasteiger partial charge in [0, 0.05) is 38.3 Å². The van der Waals surface area contributed by atoms with E-state index in [4.69, 9.17) is 9.47 Å². The Labute approximate surface area is 122 Å². The number of methoxy groups -OCH3 is 1. The minimum Gasteiger partial charge on any atom is -0.496 e. The average Bonchev–Trinajstić information content (AvgIpc) is 2.97. The fourth-order valence-electron chi connectivity index (χ4n) is 2.52. The van der Waals surface area contributed by atoms with Gasteiger partial charge in [0.2, 0.25) is 0 Å². The van der Waals surface area contributed by atoms with E-state index in [9.17, 15) is 0 Å². The van der Waals surface area contributed by atoms with Gasteiger partial charge in [0.05, 0.1) is 13.7 Å². The van der Waals surface area contributed by atoms with Crippen LogP contribution in [0.25, 0.3) is 0 Å². The molecule has 0 amide bonds. The Morgan fingerprint density at radius 3 is 3.00 bits per heavy atom. The van der Waals surface area contributed by atoms with E-state index < -0.39 is 0 Å². The monoisotopic (exact) mass is 278 g/mol. The summed E-state index contributed by atoms with van der Waals surface area (Å²) in [7, 11) is 3.87. The summed E-state index contributed by atoms with van der Waals surface area (Å²) in [6, 6.07) is 8.21. The van der Waals surface area contributed by atoms with Crippen LogP contribution in [0, 0.1) is 5.92 Å². The summed E-state index contributed by atoms with van der Waals surface area (Å²) in [5.74, 6) is 1.67. The van der Waals surface area contributed by atoms with Gasteiger partial charge in [-0.2, -0.15) is 0 Å². The highest BCUT2D eigenvalue weighted by atomic mass is 16.5. The van der Waals surface area contributed by atoms with Crippen LogP contribution in [0.2, 0.25) is 0 Å². The van der Waals surface area contributed by atoms with E-state index in [-0.39, 0.29) is 0 Å². The molecule has 0 spiro atoms. The van der Waals surface area contributed by atoms with E-state index in [2.05, 4.69) is 29.4 Å². The molecule has 0 radical (unpaired) electrons. The smallest absolute Gasteiger partial charge is 0.123 e. The maximum atomic E-state index is 5.38. The molecule has 1 aromatic carbocycles. The predicted octanol–water partition coefficient (Wildman–Crippen LogP) is 1.75. The van der Waals surface area contributed by atoms with E-state index in [0.717, 1.165) is 45.1 Å². The average molecular weight is 278 g/mol. The quantitative estimate of drug-likeness (QED) is 0.735. The Balaban J connectivity index is 1.65. The summed E-state index contributed by atoms with van der Waals surface area (Å²) in [4.78, 5) is 2.32. The second-order valence-electron chi connectivity index (χ2n) is 5.48. The SMILES string of the molecule is COc1ccccc1CN(C)CCNCC1CCOC1. The first-order valence-electron chi connectivity index (χ1n) is 7.38. The van der Waals surface area contributed by atoms with Crippen LogP contribution in [0.3, 0.4) is 0 Å². The van der Waals surface area contributed by atoms with Crippen LogP contribution in [0.15, 0.2) is 24.3 Å². The van der Waals surface area contributed by atoms with Gasteiger partial charge >= 0.3 is 0 Å². The minimum atomic E-state index is 0.703. The molecule has 20 heavy (non-hydrogen) atoms. The zero-order valence-electron chi connectivity index (χ0n) is 12.6. The van der Waals surface area contributed by atoms with Crippen LogP contribution in [0.5, 0.6) is 5.75 Å². The Bertz CT molecular complexity index is 392. The molecule has 0 aromatic heterocycles. The van der Waals surface area contributed by atoms with Crippen molar-refractivity contribution in [2.24, 2.45) is 5.92 Å². The lowest BCUT2D eigenvalue weighted by atomic mass is 10.1. The second-order valence-corrected chi connectivity index (χ2v) is 5.48. The standard InChI is InChI=1S/C16H26N2O2/c1-18(9-8-17-11-14-7-10-20-13-14)12-15-5-3-4-6-16(15)19-2/h3-6,14,17H,7-13H2,1-2H3. The largest absolute Gasteiger partial charge is 0.496 e. The molecule has 1 fully saturated rings. The number of likely N-dealkylation sites (N-methyl/N-ethyl adjacent to an activating group) is 1. The van der Waals surface area contributed by atoms with Gasteiger partial charge in [0.15, 0.2) is 0 Å². The Morgan fingerprint density at radius 2 is 2.25 bits per heavy atom. The molecule has 1 saturated heterocycles. The maximum Gasteiger partial charge on any atom is 0.123 e. The lowest BCUT2D eigenvalue weighted by molar-refractivity contribution is 0.185. The molecule has 1 aromatic rings. The predicted molar refractivity (Wildman–Crippen MR) is 81.1 cm³/mol. The van der Waals surface area contributed by atoms with Crippen molar-refractivity contribution in [3.05, 3.63) is 29.8 Å². The van der Waals surface area contributed by atoms with Gasteiger partial charge in [-0.05, 0) is 25.5 Å². The molecule has 2 rings (SSSR count). The van der Waals surface area contributed by atoms with Crippen molar-refractivity contribution < 1.29 is 9.47 Å². The number of nitrogens with zero attached hydrogens (tertiary/aromatic N) is 1. The summed E-state index contributed by atoms with van der Waals surface area (Å²) in [5, 5.41) is 3.52. The van der Waals surface area contributed by atoms with Gasteiger partial charge < -0.3 is 19.7 Å². The molecular formula is C16H26N2O2. The molecule has 1 aliphatic rings. The number of ether oxygens (including phenoxy) is 2. The normalized spacial score (nSPS) is 18.6. The van der Waals surface area contributed by atoms with Crippen LogP contribution >= 0.6 is 0 Å². The molecule has 1 atom stereocenters. The van der Waals surface area contributed by atoms with E-state index in [1.54, 1.807) is 7.11 Å². The first-order chi connectivity index (χ1) is 9.79. The van der Waals surface area contributed by atoms with Gasteiger partial charge in [-0.15, -0.1) is 0 Å². The maximum absolute atomic E-state index is 5.38. The molecule has 112 valence electrons. The van der Waals surface area contributed by atoms with Crippen molar-refractivity contribution in [1.82, 2.24) is 10.2 Å². The van der Waals surface area contributed by atoms with Crippen molar-refractivity contribution >= 4 is 0 Å². The number of benzene rings is 1. The number of hydrogen-bond donors (Lipinski definition) is 1. The third-order valence-electron chi connectivity index (χ3n) is 3.76. The van der Waals surface area contributed by atoms with Crippen LogP contribution in [-0.2, 0) is 11.3 Å². The molecule has 0 saturated carbocycles. The van der Waals surface area contributed by atoms with Gasteiger partial charge in [0.1, 0.15) is 5.75 Å². The lowest BCUT2D eigenvalue weighted by Crippen LogP contribution is -2.32. The summed E-state index contributed by atoms with van der Waals surface area (Å²) >= 11 is 0. The van der Waals surface area contributed by atoms with Gasteiger partial charge in [-0.25, -0.2) is 0 Å². The third kappa shape index (κ3) is 4.78. The Kier molecular flexibility index (Phi) is 6.30. The topological polar surface area (TPSA) is 33.7 Å². The van der Waals surface area contributed by atoms with Crippen molar-refractivity contribution in [2.45, 2.75) is 13.0 Å². The van der Waals surface area contributed by atoms with E-state index >= 15 is 0 Å². The number of nitrogens with one attached hydrogen (secondary N) is 1. The van der Waals surface area contributed by atoms with Gasteiger partial charge in [-0.3, -0.25) is 0 Å². The molecule has 0 bridgehead atoms. The highest BCUT2D eigenvalue weighted by Gasteiger charge is 2.14. The molecule has 4 heteroatoms. The fourth-order valence-corrected chi connectivity index (χ4v) is 2.52. The molecule has 0 aliphatic carbocycles. The molecule has 4 nitrogen and oxygen atoms in total. The van der Waals surface area contributed by atoms with E-state index in [1.807, 2.05) is 12.1 Å². The van der Waals surface area contributed by atoms with E-state index in [0.29, 0.717) is 5.92 Å². The second kappa shape index (κ2) is 8.25. The van der Waals surface area contributed by atoms with Crippen molar-refractivity contribution in [3.63, 3.8) is 0 Å². The van der Waals surface area contributed by atoms with Crippen LogP contribution < -0.4 is 10.1 Å². The first-order valence-corrected chi connectivity index (χ1v) is 7.38. The van der Waals surface area contributed by atoms with Crippen LogP contribution in [-0.4, -0.2) is 51.9 Å². The van der Waals surface area contributed by atoms with Gasteiger partial charge in [-0.1, -0.05) is 18.2 Å². The van der Waals surface area contributed by atoms with Crippen LogP contribution in [0.4, 0.5) is 0 Å². The Morgan fingerprint density at radius 1 is 1.40 bits per heavy atom. The van der Waals surface area contributed by atoms with Crippen molar-refractivity contribution in [1.29, 1.82) is 0 Å². The number of rotatable bonds is 8. The fraction of sp³-hybridized carbons (Fsp3) is 0.625. The Hall–Kier alpha value is -1.10. The van der Waals surface area contributed by atoms with E-state index in [1.165, 1.54) is 12.0 Å². The number of para-hydroxylation sites is 1. The highest BCUT2D eigenvalue weighted by molar-refractivity contribution is 5.32. The molecule has 1 heterocycles. The first kappa shape index (κ1) is 15.3. The zero-order valence-corrected chi connectivity index (χ0v) is 12.6. The molecular weight excluding hydrogens is 252 g/mol. The van der Waals surface area contributed by atoms with Crippen molar-refractivity contribution in [3.8, 4) is 5.75 Å². The lowest BCUT2D eigenvalue weighted by Gasteiger charge is -2.19. The summed E-state index contributed by atoms with van der Waals surface area (Å²) in [5.41, 5.74) is 1.24. The molecule has 1 aliphatic heterocycles. The van der Waals surface area contributed by atoms with Crippen molar-refractivity contribution in [2.75, 3.05) is 47.0 Å². The van der Waals surface area contributed by atoms with Crippen LogP contribution in [0.1, 0.15) is 12.0 Å².